The van der Waals surface area contributed by atoms with Crippen molar-refractivity contribution in [2.45, 2.75) is 25.9 Å². The zero-order valence-corrected chi connectivity index (χ0v) is 12.6. The van der Waals surface area contributed by atoms with Gasteiger partial charge in [0.15, 0.2) is 0 Å². The van der Waals surface area contributed by atoms with Gasteiger partial charge < -0.3 is 14.5 Å². The van der Waals surface area contributed by atoms with Gasteiger partial charge in [0.1, 0.15) is 0 Å². The zero-order chi connectivity index (χ0) is 14.9. The van der Waals surface area contributed by atoms with Crippen LogP contribution >= 0.6 is 0 Å². The van der Waals surface area contributed by atoms with Crippen molar-refractivity contribution < 1.29 is 14.3 Å². The van der Waals surface area contributed by atoms with E-state index in [1.165, 1.54) is 6.08 Å². The maximum absolute atomic E-state index is 12.4. The van der Waals surface area contributed by atoms with Gasteiger partial charge in [-0.15, -0.1) is 0 Å². The lowest BCUT2D eigenvalue weighted by Crippen LogP contribution is -2.56. The second kappa shape index (κ2) is 5.56. The number of rotatable bonds is 4. The molecule has 0 N–H and O–H groups in total. The van der Waals surface area contributed by atoms with Gasteiger partial charge in [-0.05, 0) is 18.4 Å². The van der Waals surface area contributed by atoms with Gasteiger partial charge in [0.25, 0.3) is 0 Å². The molecule has 2 aliphatic heterocycles. The Kier molecular flexibility index (Phi) is 4.18. The van der Waals surface area contributed by atoms with Gasteiger partial charge in [-0.25, -0.2) is 0 Å². The summed E-state index contributed by atoms with van der Waals surface area (Å²) in [5.74, 6) is 0.380. The molecule has 1 unspecified atom stereocenters. The van der Waals surface area contributed by atoms with E-state index in [1.54, 1.807) is 12.0 Å². The third kappa shape index (κ3) is 2.46. The van der Waals surface area contributed by atoms with Crippen molar-refractivity contribution in [3.05, 3.63) is 12.7 Å². The lowest BCUT2D eigenvalue weighted by molar-refractivity contribution is -0.146. The second-order valence-electron chi connectivity index (χ2n) is 6.08. The number of carbonyl (C=O) groups is 2. The first-order valence-electron chi connectivity index (χ1n) is 7.19. The monoisotopic (exact) mass is 280 g/mol. The van der Waals surface area contributed by atoms with Crippen LogP contribution in [0.1, 0.15) is 20.3 Å². The van der Waals surface area contributed by atoms with E-state index in [9.17, 15) is 9.59 Å². The Morgan fingerprint density at radius 3 is 2.45 bits per heavy atom. The average molecular weight is 280 g/mol. The van der Waals surface area contributed by atoms with Crippen molar-refractivity contribution in [1.82, 2.24) is 9.80 Å². The molecule has 0 radical (unpaired) electrons. The summed E-state index contributed by atoms with van der Waals surface area (Å²) in [6, 6.07) is 0. The normalized spacial score (nSPS) is 26.8. The fourth-order valence-corrected chi connectivity index (χ4v) is 3.07. The Balaban J connectivity index is 1.90. The van der Waals surface area contributed by atoms with E-state index in [4.69, 9.17) is 4.74 Å². The molecule has 0 aromatic carbocycles. The first-order valence-corrected chi connectivity index (χ1v) is 7.19. The molecule has 112 valence electrons. The highest BCUT2D eigenvalue weighted by Crippen LogP contribution is 2.33. The molecule has 0 aromatic heterocycles. The van der Waals surface area contributed by atoms with E-state index in [0.717, 1.165) is 13.0 Å². The number of hydrogen-bond donors (Lipinski definition) is 0. The van der Waals surface area contributed by atoms with E-state index in [-0.39, 0.29) is 23.3 Å². The van der Waals surface area contributed by atoms with Crippen LogP contribution in [0.25, 0.3) is 0 Å². The van der Waals surface area contributed by atoms with Crippen molar-refractivity contribution >= 4 is 11.8 Å². The molecule has 5 heteroatoms. The summed E-state index contributed by atoms with van der Waals surface area (Å²) in [7, 11) is 1.72. The van der Waals surface area contributed by atoms with Crippen molar-refractivity contribution in [2.24, 2.45) is 11.8 Å². The molecule has 2 saturated heterocycles. The zero-order valence-electron chi connectivity index (χ0n) is 12.6. The topological polar surface area (TPSA) is 49.9 Å². The van der Waals surface area contributed by atoms with Crippen LogP contribution in [0.3, 0.4) is 0 Å². The summed E-state index contributed by atoms with van der Waals surface area (Å²) in [5, 5.41) is 0. The molecular weight excluding hydrogens is 256 g/mol. The van der Waals surface area contributed by atoms with Gasteiger partial charge in [0.05, 0.1) is 11.5 Å². The van der Waals surface area contributed by atoms with Crippen molar-refractivity contribution in [3.8, 4) is 0 Å². The fourth-order valence-electron chi connectivity index (χ4n) is 3.07. The van der Waals surface area contributed by atoms with Gasteiger partial charge in [-0.2, -0.15) is 0 Å². The third-order valence-electron chi connectivity index (χ3n) is 4.75. The number of hydrogen-bond acceptors (Lipinski definition) is 3. The fraction of sp³-hybridized carbons (Fsp3) is 0.733. The summed E-state index contributed by atoms with van der Waals surface area (Å²) in [6.45, 7) is 10.2. The molecule has 2 amide bonds. The number of methoxy groups -OCH3 is 1. The molecule has 0 bridgehead atoms. The SMILES string of the molecule is C=CC(=O)N1CC(C(=O)N2CCC(OC)(C(C)C)C2)C1. The number of amides is 2. The highest BCUT2D eigenvalue weighted by molar-refractivity contribution is 5.90. The van der Waals surface area contributed by atoms with E-state index in [1.807, 2.05) is 4.90 Å². The molecule has 2 fully saturated rings. The molecule has 1 atom stereocenters. The van der Waals surface area contributed by atoms with Gasteiger partial charge in [-0.3, -0.25) is 9.59 Å². The first kappa shape index (κ1) is 15.0. The minimum Gasteiger partial charge on any atom is -0.376 e. The molecule has 0 aromatic rings. The van der Waals surface area contributed by atoms with Gasteiger partial charge in [-0.1, -0.05) is 20.4 Å². The van der Waals surface area contributed by atoms with E-state index < -0.39 is 0 Å². The standard InChI is InChI=1S/C15H24N2O3/c1-5-13(18)17-8-12(9-17)14(19)16-7-6-15(10-16,20-4)11(2)3/h5,11-12H,1,6-10H2,2-4H3. The van der Waals surface area contributed by atoms with Crippen LogP contribution in [-0.4, -0.2) is 60.5 Å². The van der Waals surface area contributed by atoms with Crippen LogP contribution < -0.4 is 0 Å². The third-order valence-corrected chi connectivity index (χ3v) is 4.75. The molecule has 0 spiro atoms. The Hall–Kier alpha value is -1.36. The Bertz CT molecular complexity index is 415. The smallest absolute Gasteiger partial charge is 0.246 e. The van der Waals surface area contributed by atoms with Crippen LogP contribution in [0.2, 0.25) is 0 Å². The van der Waals surface area contributed by atoms with E-state index >= 15 is 0 Å². The number of ether oxygens (including phenoxy) is 1. The molecule has 0 aliphatic carbocycles. The Morgan fingerprint density at radius 2 is 2.00 bits per heavy atom. The quantitative estimate of drug-likeness (QED) is 0.719. The number of carbonyl (C=O) groups excluding carboxylic acids is 2. The minimum atomic E-state index is -0.212. The summed E-state index contributed by atoms with van der Waals surface area (Å²) in [6.07, 6.45) is 2.18. The van der Waals surface area contributed by atoms with Crippen molar-refractivity contribution in [1.29, 1.82) is 0 Å². The van der Waals surface area contributed by atoms with Crippen LogP contribution in [0.5, 0.6) is 0 Å². The molecule has 2 rings (SSSR count). The van der Waals surface area contributed by atoms with Crippen LogP contribution in [0.4, 0.5) is 0 Å². The highest BCUT2D eigenvalue weighted by Gasteiger charge is 2.45. The van der Waals surface area contributed by atoms with Crippen molar-refractivity contribution in [2.75, 3.05) is 33.3 Å². The highest BCUT2D eigenvalue weighted by atomic mass is 16.5. The molecule has 0 saturated carbocycles. The van der Waals surface area contributed by atoms with Crippen LogP contribution in [0.15, 0.2) is 12.7 Å². The van der Waals surface area contributed by atoms with E-state index in [0.29, 0.717) is 25.6 Å². The summed E-state index contributed by atoms with van der Waals surface area (Å²) in [4.78, 5) is 27.3. The second-order valence-corrected chi connectivity index (χ2v) is 6.08. The number of likely N-dealkylation sites (tertiary alicyclic amines) is 2. The van der Waals surface area contributed by atoms with Crippen molar-refractivity contribution in [3.63, 3.8) is 0 Å². The maximum Gasteiger partial charge on any atom is 0.246 e. The minimum absolute atomic E-state index is 0.0567. The lowest BCUT2D eigenvalue weighted by Gasteiger charge is -2.40. The van der Waals surface area contributed by atoms with Gasteiger partial charge in [0, 0.05) is 33.3 Å². The average Bonchev–Trinajstić information content (AvgIpc) is 2.82. The maximum atomic E-state index is 12.4. The predicted molar refractivity (Wildman–Crippen MR) is 76.0 cm³/mol. The molecule has 2 heterocycles. The van der Waals surface area contributed by atoms with E-state index in [2.05, 4.69) is 20.4 Å². The first-order chi connectivity index (χ1) is 9.43. The lowest BCUT2D eigenvalue weighted by atomic mass is 9.89. The number of nitrogens with zero attached hydrogens (tertiary/aromatic N) is 2. The van der Waals surface area contributed by atoms with Gasteiger partial charge in [0.2, 0.25) is 11.8 Å². The molecule has 5 nitrogen and oxygen atoms in total. The van der Waals surface area contributed by atoms with Crippen LogP contribution in [0, 0.1) is 11.8 Å². The van der Waals surface area contributed by atoms with Crippen LogP contribution in [-0.2, 0) is 14.3 Å². The molecule has 20 heavy (non-hydrogen) atoms. The summed E-state index contributed by atoms with van der Waals surface area (Å²) >= 11 is 0. The molecule has 2 aliphatic rings. The summed E-state index contributed by atoms with van der Waals surface area (Å²) < 4.78 is 5.68. The summed E-state index contributed by atoms with van der Waals surface area (Å²) in [5.41, 5.74) is -0.212. The molecular formula is C15H24N2O3. The largest absolute Gasteiger partial charge is 0.376 e. The Morgan fingerprint density at radius 1 is 1.35 bits per heavy atom. The predicted octanol–water partition coefficient (Wildman–Crippen LogP) is 0.904. The van der Waals surface area contributed by atoms with Gasteiger partial charge >= 0.3 is 0 Å². The Labute approximate surface area is 120 Å².